The lowest BCUT2D eigenvalue weighted by molar-refractivity contribution is 0.577. The predicted octanol–water partition coefficient (Wildman–Crippen LogP) is 12.4. The monoisotopic (exact) mass is 687 g/mol. The summed E-state index contributed by atoms with van der Waals surface area (Å²) in [6.07, 6.45) is 30.0. The molecule has 4 aromatic carbocycles. The third-order valence-electron chi connectivity index (χ3n) is 10.4. The lowest BCUT2D eigenvalue weighted by Gasteiger charge is -2.31. The molecule has 0 spiro atoms. The Labute approximate surface area is 313 Å². The predicted molar refractivity (Wildman–Crippen MR) is 228 cm³/mol. The van der Waals surface area contributed by atoms with E-state index in [0.717, 1.165) is 59.4 Å². The Kier molecular flexibility index (Phi) is 9.64. The first kappa shape index (κ1) is 33.8. The summed E-state index contributed by atoms with van der Waals surface area (Å²) in [5, 5.41) is 11.3. The van der Waals surface area contributed by atoms with E-state index >= 15 is 0 Å². The molecule has 3 heteroatoms. The van der Waals surface area contributed by atoms with Crippen LogP contribution in [0.1, 0.15) is 55.0 Å². The fourth-order valence-electron chi connectivity index (χ4n) is 7.91. The number of benzene rings is 4. The van der Waals surface area contributed by atoms with Gasteiger partial charge in [-0.1, -0.05) is 135 Å². The highest BCUT2D eigenvalue weighted by atomic mass is 15.1. The molecule has 1 atom stereocenters. The molecule has 1 aromatic heterocycles. The van der Waals surface area contributed by atoms with Crippen LogP contribution < -0.4 is 10.6 Å². The van der Waals surface area contributed by atoms with Gasteiger partial charge in [-0.05, 0) is 107 Å². The van der Waals surface area contributed by atoms with Crippen LogP contribution in [-0.4, -0.2) is 10.7 Å². The molecular weight excluding hydrogens is 643 g/mol. The fourth-order valence-corrected chi connectivity index (χ4v) is 7.91. The summed E-state index contributed by atoms with van der Waals surface area (Å²) in [4.78, 5) is 0. The molecule has 2 N–H and O–H groups in total. The van der Waals surface area contributed by atoms with E-state index < -0.39 is 0 Å². The van der Waals surface area contributed by atoms with Gasteiger partial charge in [-0.15, -0.1) is 0 Å². The number of fused-ring (bicyclic) bond motifs is 3. The zero-order valence-electron chi connectivity index (χ0n) is 30.4. The highest BCUT2D eigenvalue weighted by Crippen LogP contribution is 2.39. The van der Waals surface area contributed by atoms with E-state index in [4.69, 9.17) is 0 Å². The number of aromatic nitrogens is 1. The van der Waals surface area contributed by atoms with Crippen LogP contribution in [0.5, 0.6) is 0 Å². The molecule has 260 valence electrons. The second-order valence-corrected chi connectivity index (χ2v) is 13.7. The fraction of sp³-hybridized carbons (Fsp3) is 0.120. The molecule has 8 rings (SSSR count). The minimum Gasteiger partial charge on any atom is -0.365 e. The van der Waals surface area contributed by atoms with E-state index in [9.17, 15) is 0 Å². The first-order chi connectivity index (χ1) is 26.1. The standard InChI is InChI=1S/C50H45N3/c1-4-14-41(19-12-16-35-24-31-45-43(6-3)48(15-5-2)53(49(45)32-35)42-20-8-7-9-21-42)51-50-34-46(44-22-13-23-47(44)52-50)38-28-25-37(26-29-38)40-30-27-36-17-10-11-18-39(36)33-40/h4-12,14-18,20-25,27-28,30-34,50-52H,1,3,13,19,26,29H2,2H3/b15-5-,16-12?,41-14+. The maximum atomic E-state index is 4.16. The van der Waals surface area contributed by atoms with Crippen LogP contribution in [0.4, 0.5) is 0 Å². The van der Waals surface area contributed by atoms with Crippen molar-refractivity contribution in [3.8, 4) is 5.69 Å². The maximum absolute atomic E-state index is 4.16. The highest BCUT2D eigenvalue weighted by Gasteiger charge is 2.26. The van der Waals surface area contributed by atoms with Crippen molar-refractivity contribution < 1.29 is 0 Å². The lowest BCUT2D eigenvalue weighted by atomic mass is 9.85. The van der Waals surface area contributed by atoms with Gasteiger partial charge in [-0.2, -0.15) is 0 Å². The molecule has 0 saturated carbocycles. The molecule has 1 unspecified atom stereocenters. The van der Waals surface area contributed by atoms with Crippen molar-refractivity contribution in [3.63, 3.8) is 0 Å². The van der Waals surface area contributed by atoms with Crippen LogP contribution in [0.3, 0.4) is 0 Å². The molecule has 0 fully saturated rings. The van der Waals surface area contributed by atoms with Crippen LogP contribution in [0, 0.1) is 0 Å². The summed E-state index contributed by atoms with van der Waals surface area (Å²) in [6.45, 7) is 10.2. The Morgan fingerprint density at radius 1 is 0.849 bits per heavy atom. The van der Waals surface area contributed by atoms with E-state index in [-0.39, 0.29) is 6.17 Å². The van der Waals surface area contributed by atoms with Crippen molar-refractivity contribution in [2.24, 2.45) is 0 Å². The van der Waals surface area contributed by atoms with E-state index in [0.29, 0.717) is 0 Å². The van der Waals surface area contributed by atoms with E-state index in [1.807, 2.05) is 12.2 Å². The SMILES string of the molecule is C=C/C=C(\CC=Cc1ccc2c(C=C)c(/C=C\C)n(-c3ccccc3)c2c1)NC1C=C(C2=CC=C(c3ccc4ccccc4c3)CC2)C2=CCC=C2N1. The van der Waals surface area contributed by atoms with Gasteiger partial charge in [0, 0.05) is 40.0 Å². The Morgan fingerprint density at radius 2 is 1.66 bits per heavy atom. The summed E-state index contributed by atoms with van der Waals surface area (Å²) < 4.78 is 2.33. The quantitative estimate of drug-likeness (QED) is 0.135. The third kappa shape index (κ3) is 6.86. The Balaban J connectivity index is 1.03. The van der Waals surface area contributed by atoms with E-state index in [2.05, 4.69) is 187 Å². The maximum Gasteiger partial charge on any atom is 0.117 e. The summed E-state index contributed by atoms with van der Waals surface area (Å²) in [5.41, 5.74) is 14.8. The van der Waals surface area contributed by atoms with Crippen molar-refractivity contribution in [2.75, 3.05) is 0 Å². The van der Waals surface area contributed by atoms with Crippen molar-refractivity contribution in [1.82, 2.24) is 15.2 Å². The van der Waals surface area contributed by atoms with Gasteiger partial charge in [0.15, 0.2) is 0 Å². The molecule has 0 saturated heterocycles. The lowest BCUT2D eigenvalue weighted by Crippen LogP contribution is -2.42. The van der Waals surface area contributed by atoms with Gasteiger partial charge < -0.3 is 15.2 Å². The Hall–Kier alpha value is -6.32. The van der Waals surface area contributed by atoms with Crippen molar-refractivity contribution in [1.29, 1.82) is 0 Å². The van der Waals surface area contributed by atoms with Crippen LogP contribution in [0.2, 0.25) is 0 Å². The average Bonchev–Trinajstić information content (AvgIpc) is 3.80. The largest absolute Gasteiger partial charge is 0.365 e. The van der Waals surface area contributed by atoms with Crippen molar-refractivity contribution >= 4 is 45.5 Å². The molecule has 0 amide bonds. The zero-order valence-corrected chi connectivity index (χ0v) is 30.4. The molecule has 0 bridgehead atoms. The van der Waals surface area contributed by atoms with Gasteiger partial charge in [-0.3, -0.25) is 0 Å². The summed E-state index contributed by atoms with van der Waals surface area (Å²) in [7, 11) is 0. The van der Waals surface area contributed by atoms with Crippen LogP contribution in [-0.2, 0) is 0 Å². The number of hydrogen-bond acceptors (Lipinski definition) is 2. The van der Waals surface area contributed by atoms with Crippen molar-refractivity contribution in [2.45, 2.75) is 38.8 Å². The molecule has 3 aliphatic rings. The van der Waals surface area contributed by atoms with Crippen LogP contribution >= 0.6 is 0 Å². The minimum absolute atomic E-state index is 0.0364. The molecular formula is C50H45N3. The third-order valence-corrected chi connectivity index (χ3v) is 10.4. The second-order valence-electron chi connectivity index (χ2n) is 13.7. The van der Waals surface area contributed by atoms with Crippen LogP contribution in [0.25, 0.3) is 51.2 Å². The number of allylic oxidation sites excluding steroid dienone is 11. The zero-order chi connectivity index (χ0) is 36.1. The molecule has 3 nitrogen and oxygen atoms in total. The number of nitrogens with zero attached hydrogens (tertiary/aromatic N) is 1. The normalized spacial score (nSPS) is 17.3. The van der Waals surface area contributed by atoms with Gasteiger partial charge in [0.05, 0.1) is 11.2 Å². The Morgan fingerprint density at radius 3 is 2.45 bits per heavy atom. The highest BCUT2D eigenvalue weighted by molar-refractivity contribution is 5.96. The summed E-state index contributed by atoms with van der Waals surface area (Å²) in [6, 6.07) is 32.7. The molecule has 2 heterocycles. The minimum atomic E-state index is -0.0364. The summed E-state index contributed by atoms with van der Waals surface area (Å²) in [5.74, 6) is 0. The van der Waals surface area contributed by atoms with E-state index in [1.54, 1.807) is 0 Å². The van der Waals surface area contributed by atoms with Gasteiger partial charge in [0.2, 0.25) is 0 Å². The number of nitrogens with one attached hydrogen (secondary N) is 2. The van der Waals surface area contributed by atoms with Gasteiger partial charge in [-0.25, -0.2) is 0 Å². The molecule has 0 radical (unpaired) electrons. The second kappa shape index (κ2) is 15.1. The Bertz CT molecular complexity index is 2490. The first-order valence-electron chi connectivity index (χ1n) is 18.7. The number of hydrogen-bond donors (Lipinski definition) is 2. The molecule has 5 aromatic rings. The van der Waals surface area contributed by atoms with Crippen molar-refractivity contribution in [3.05, 3.63) is 209 Å². The van der Waals surface area contributed by atoms with Gasteiger partial charge in [0.25, 0.3) is 0 Å². The average molecular weight is 688 g/mol. The molecule has 1 aliphatic heterocycles. The van der Waals surface area contributed by atoms with Crippen LogP contribution in [0.15, 0.2) is 187 Å². The molecule has 2 aliphatic carbocycles. The smallest absolute Gasteiger partial charge is 0.117 e. The van der Waals surface area contributed by atoms with Gasteiger partial charge >= 0.3 is 0 Å². The summed E-state index contributed by atoms with van der Waals surface area (Å²) >= 11 is 0. The molecule has 53 heavy (non-hydrogen) atoms. The number of para-hydroxylation sites is 1. The van der Waals surface area contributed by atoms with E-state index in [1.165, 1.54) is 49.7 Å². The van der Waals surface area contributed by atoms with Gasteiger partial charge in [0.1, 0.15) is 6.17 Å². The first-order valence-corrected chi connectivity index (χ1v) is 18.7. The number of rotatable bonds is 11. The topological polar surface area (TPSA) is 29.0 Å².